The highest BCUT2D eigenvalue weighted by molar-refractivity contribution is 5.78. The minimum atomic E-state index is 0.212. The van der Waals surface area contributed by atoms with Crippen LogP contribution in [0.1, 0.15) is 31.9 Å². The molecule has 0 saturated carbocycles. The molecule has 0 atom stereocenters. The summed E-state index contributed by atoms with van der Waals surface area (Å²) in [6, 6.07) is 0. The lowest BCUT2D eigenvalue weighted by Gasteiger charge is -2.20. The summed E-state index contributed by atoms with van der Waals surface area (Å²) in [5.41, 5.74) is 0.883. The standard InChI is InChI=1S/C15H25N5O/c1-3-6-16-14-10-17-13(9-18-14)11-19(2)12-15(21)20-7-4-5-8-20/h9-10H,3-8,11-12H2,1-2H3,(H,16,18). The number of carbonyl (C=O) groups is 1. The van der Waals surface area contributed by atoms with E-state index in [2.05, 4.69) is 22.2 Å². The number of carbonyl (C=O) groups excluding carboxylic acids is 1. The largest absolute Gasteiger partial charge is 0.369 e. The van der Waals surface area contributed by atoms with Crippen molar-refractivity contribution in [3.05, 3.63) is 18.1 Å². The molecule has 2 rings (SSSR count). The Morgan fingerprint density at radius 1 is 1.33 bits per heavy atom. The molecule has 0 aromatic carbocycles. The summed E-state index contributed by atoms with van der Waals surface area (Å²) in [4.78, 5) is 24.7. The molecule has 1 saturated heterocycles. The monoisotopic (exact) mass is 291 g/mol. The summed E-state index contributed by atoms with van der Waals surface area (Å²) in [5.74, 6) is 1.01. The van der Waals surface area contributed by atoms with Crippen LogP contribution in [0.25, 0.3) is 0 Å². The Balaban J connectivity index is 1.78. The third-order valence-electron chi connectivity index (χ3n) is 3.56. The number of amides is 1. The topological polar surface area (TPSA) is 61.4 Å². The van der Waals surface area contributed by atoms with Gasteiger partial charge >= 0.3 is 0 Å². The summed E-state index contributed by atoms with van der Waals surface area (Å²) in [6.07, 6.45) is 6.85. The van der Waals surface area contributed by atoms with Crippen LogP contribution in [0, 0.1) is 0 Å². The van der Waals surface area contributed by atoms with Crippen LogP contribution in [0.2, 0.25) is 0 Å². The van der Waals surface area contributed by atoms with Gasteiger partial charge < -0.3 is 10.2 Å². The molecular formula is C15H25N5O. The fourth-order valence-electron chi connectivity index (χ4n) is 2.41. The third kappa shape index (κ3) is 4.97. The predicted molar refractivity (Wildman–Crippen MR) is 83.0 cm³/mol. The minimum absolute atomic E-state index is 0.212. The van der Waals surface area contributed by atoms with Crippen LogP contribution >= 0.6 is 0 Å². The molecule has 1 N–H and O–H groups in total. The molecule has 0 aliphatic carbocycles. The molecule has 1 aliphatic rings. The summed E-state index contributed by atoms with van der Waals surface area (Å²) in [5, 5.41) is 3.20. The van der Waals surface area contributed by atoms with Crippen molar-refractivity contribution in [3.8, 4) is 0 Å². The third-order valence-corrected chi connectivity index (χ3v) is 3.56. The molecule has 1 aliphatic heterocycles. The number of likely N-dealkylation sites (N-methyl/N-ethyl adjacent to an activating group) is 1. The number of hydrogen-bond donors (Lipinski definition) is 1. The fraction of sp³-hybridized carbons (Fsp3) is 0.667. The number of anilines is 1. The Kier molecular flexibility index (Phi) is 5.92. The van der Waals surface area contributed by atoms with Crippen LogP contribution in [0.3, 0.4) is 0 Å². The smallest absolute Gasteiger partial charge is 0.236 e. The molecule has 1 amide bonds. The van der Waals surface area contributed by atoms with Crippen molar-refractivity contribution in [1.29, 1.82) is 0 Å². The average Bonchev–Trinajstić information content (AvgIpc) is 3.01. The fourth-order valence-corrected chi connectivity index (χ4v) is 2.41. The SMILES string of the molecule is CCCNc1cnc(CN(C)CC(=O)N2CCCC2)cn1. The molecule has 21 heavy (non-hydrogen) atoms. The van der Waals surface area contributed by atoms with Gasteiger partial charge in [0, 0.05) is 26.2 Å². The van der Waals surface area contributed by atoms with Gasteiger partial charge in [-0.3, -0.25) is 14.7 Å². The van der Waals surface area contributed by atoms with Crippen molar-refractivity contribution >= 4 is 11.7 Å². The highest BCUT2D eigenvalue weighted by Crippen LogP contribution is 2.09. The first-order chi connectivity index (χ1) is 10.2. The summed E-state index contributed by atoms with van der Waals surface area (Å²) in [7, 11) is 1.94. The molecule has 6 heteroatoms. The van der Waals surface area contributed by atoms with E-state index in [1.807, 2.05) is 16.8 Å². The van der Waals surface area contributed by atoms with Crippen molar-refractivity contribution < 1.29 is 4.79 Å². The molecular weight excluding hydrogens is 266 g/mol. The number of aromatic nitrogens is 2. The first-order valence-electron chi connectivity index (χ1n) is 7.70. The Labute approximate surface area is 126 Å². The lowest BCUT2D eigenvalue weighted by Crippen LogP contribution is -2.37. The van der Waals surface area contributed by atoms with Crippen molar-refractivity contribution in [2.45, 2.75) is 32.7 Å². The van der Waals surface area contributed by atoms with Crippen molar-refractivity contribution in [3.63, 3.8) is 0 Å². The van der Waals surface area contributed by atoms with Crippen LogP contribution in [-0.2, 0) is 11.3 Å². The Morgan fingerprint density at radius 3 is 2.71 bits per heavy atom. The van der Waals surface area contributed by atoms with Crippen LogP contribution in [0.15, 0.2) is 12.4 Å². The van der Waals surface area contributed by atoms with Gasteiger partial charge in [-0.2, -0.15) is 0 Å². The average molecular weight is 291 g/mol. The van der Waals surface area contributed by atoms with E-state index < -0.39 is 0 Å². The molecule has 0 spiro atoms. The van der Waals surface area contributed by atoms with Gasteiger partial charge in [0.15, 0.2) is 0 Å². The lowest BCUT2D eigenvalue weighted by molar-refractivity contribution is -0.131. The van der Waals surface area contributed by atoms with Crippen LogP contribution in [0.4, 0.5) is 5.82 Å². The molecule has 0 bridgehead atoms. The number of nitrogens with one attached hydrogen (secondary N) is 1. The van der Waals surface area contributed by atoms with E-state index in [4.69, 9.17) is 0 Å². The predicted octanol–water partition coefficient (Wildman–Crippen LogP) is 1.35. The van der Waals surface area contributed by atoms with E-state index in [9.17, 15) is 4.79 Å². The Hall–Kier alpha value is -1.69. The van der Waals surface area contributed by atoms with Gasteiger partial charge in [0.25, 0.3) is 0 Å². The van der Waals surface area contributed by atoms with Gasteiger partial charge in [0.05, 0.1) is 24.6 Å². The molecule has 1 fully saturated rings. The number of rotatable bonds is 7. The quantitative estimate of drug-likeness (QED) is 0.822. The molecule has 1 aromatic heterocycles. The summed E-state index contributed by atoms with van der Waals surface area (Å²) < 4.78 is 0. The van der Waals surface area contributed by atoms with Crippen LogP contribution < -0.4 is 5.32 Å². The molecule has 2 heterocycles. The zero-order valence-corrected chi connectivity index (χ0v) is 13.0. The highest BCUT2D eigenvalue weighted by atomic mass is 16.2. The normalized spacial score (nSPS) is 14.7. The van der Waals surface area contributed by atoms with E-state index >= 15 is 0 Å². The van der Waals surface area contributed by atoms with Crippen LogP contribution in [0.5, 0.6) is 0 Å². The molecule has 0 unspecified atom stereocenters. The number of hydrogen-bond acceptors (Lipinski definition) is 5. The first kappa shape index (κ1) is 15.7. The molecule has 1 aromatic rings. The summed E-state index contributed by atoms with van der Waals surface area (Å²) >= 11 is 0. The lowest BCUT2D eigenvalue weighted by atomic mass is 10.4. The zero-order chi connectivity index (χ0) is 15.1. The maximum Gasteiger partial charge on any atom is 0.236 e. The maximum absolute atomic E-state index is 12.1. The number of nitrogens with zero attached hydrogens (tertiary/aromatic N) is 4. The second-order valence-electron chi connectivity index (χ2n) is 5.58. The van der Waals surface area contributed by atoms with Gasteiger partial charge in [0.2, 0.25) is 5.91 Å². The van der Waals surface area contributed by atoms with Crippen molar-refractivity contribution in [2.24, 2.45) is 0 Å². The zero-order valence-electron chi connectivity index (χ0n) is 13.0. The van der Waals surface area contributed by atoms with Gasteiger partial charge in [0.1, 0.15) is 5.82 Å². The van der Waals surface area contributed by atoms with Gasteiger partial charge in [-0.1, -0.05) is 6.92 Å². The molecule has 6 nitrogen and oxygen atoms in total. The second kappa shape index (κ2) is 7.93. The van der Waals surface area contributed by atoms with Gasteiger partial charge in [-0.05, 0) is 26.3 Å². The maximum atomic E-state index is 12.1. The summed E-state index contributed by atoms with van der Waals surface area (Å²) in [6.45, 7) is 5.91. The number of likely N-dealkylation sites (tertiary alicyclic amines) is 1. The molecule has 0 radical (unpaired) electrons. The van der Waals surface area contributed by atoms with Crippen LogP contribution in [-0.4, -0.2) is 58.9 Å². The molecule has 116 valence electrons. The first-order valence-corrected chi connectivity index (χ1v) is 7.70. The van der Waals surface area contributed by atoms with Crippen molar-refractivity contribution in [1.82, 2.24) is 19.8 Å². The Bertz CT molecular complexity index is 442. The van der Waals surface area contributed by atoms with E-state index in [1.165, 1.54) is 0 Å². The highest BCUT2D eigenvalue weighted by Gasteiger charge is 2.19. The van der Waals surface area contributed by atoms with E-state index in [0.29, 0.717) is 13.1 Å². The van der Waals surface area contributed by atoms with E-state index in [-0.39, 0.29) is 5.91 Å². The van der Waals surface area contributed by atoms with E-state index in [1.54, 1.807) is 12.4 Å². The van der Waals surface area contributed by atoms with Gasteiger partial charge in [-0.15, -0.1) is 0 Å². The van der Waals surface area contributed by atoms with E-state index in [0.717, 1.165) is 50.4 Å². The Morgan fingerprint density at radius 2 is 2.10 bits per heavy atom. The minimum Gasteiger partial charge on any atom is -0.369 e. The second-order valence-corrected chi connectivity index (χ2v) is 5.58. The van der Waals surface area contributed by atoms with Gasteiger partial charge in [-0.25, -0.2) is 4.98 Å². The van der Waals surface area contributed by atoms with Crippen molar-refractivity contribution in [2.75, 3.05) is 38.5 Å².